The van der Waals surface area contributed by atoms with Gasteiger partial charge in [0.05, 0.1) is 5.60 Å². The summed E-state index contributed by atoms with van der Waals surface area (Å²) in [5.74, 6) is 0. The number of nitrogens with one attached hydrogen (secondary N) is 1. The molecule has 2 rings (SSSR count). The van der Waals surface area contributed by atoms with Gasteiger partial charge in [-0.05, 0) is 51.4 Å². The second kappa shape index (κ2) is 4.06. The summed E-state index contributed by atoms with van der Waals surface area (Å²) in [6.07, 6.45) is 6.55. The Bertz CT molecular complexity index is 221. The molecule has 0 radical (unpaired) electrons. The topological polar surface area (TPSA) is 21.3 Å². The van der Waals surface area contributed by atoms with Crippen LogP contribution in [0.5, 0.6) is 0 Å². The lowest BCUT2D eigenvalue weighted by molar-refractivity contribution is -0.0633. The van der Waals surface area contributed by atoms with E-state index in [1.165, 1.54) is 32.2 Å². The van der Waals surface area contributed by atoms with Gasteiger partial charge in [0, 0.05) is 19.2 Å². The first kappa shape index (κ1) is 11.4. The van der Waals surface area contributed by atoms with Crippen LogP contribution in [0.4, 0.5) is 0 Å². The minimum Gasteiger partial charge on any atom is -0.375 e. The van der Waals surface area contributed by atoms with Crippen LogP contribution in [-0.4, -0.2) is 24.8 Å². The molecule has 0 spiro atoms. The smallest absolute Gasteiger partial charge is 0.0641 e. The van der Waals surface area contributed by atoms with Gasteiger partial charge < -0.3 is 10.1 Å². The van der Waals surface area contributed by atoms with Crippen LogP contribution in [0.2, 0.25) is 0 Å². The minimum atomic E-state index is 0.0822. The Hall–Kier alpha value is -0.0800. The molecule has 2 fully saturated rings. The van der Waals surface area contributed by atoms with Gasteiger partial charge in [0.25, 0.3) is 0 Å². The lowest BCUT2D eigenvalue weighted by atomic mass is 9.93. The summed E-state index contributed by atoms with van der Waals surface area (Å²) >= 11 is 0. The fourth-order valence-electron chi connectivity index (χ4n) is 2.60. The molecular weight excluding hydrogens is 186 g/mol. The van der Waals surface area contributed by atoms with Crippen molar-refractivity contribution in [1.29, 1.82) is 0 Å². The SMILES string of the molecule is CCC1(CNC2CCOC(C)(C)C2)CC1. The molecule has 15 heavy (non-hydrogen) atoms. The van der Waals surface area contributed by atoms with Gasteiger partial charge in [-0.2, -0.15) is 0 Å². The van der Waals surface area contributed by atoms with Crippen LogP contribution in [0.3, 0.4) is 0 Å². The first-order chi connectivity index (χ1) is 7.05. The third kappa shape index (κ3) is 2.94. The van der Waals surface area contributed by atoms with Gasteiger partial charge in [0.15, 0.2) is 0 Å². The standard InChI is InChI=1S/C13H25NO/c1-4-13(6-7-13)10-14-11-5-8-15-12(2,3)9-11/h11,14H,4-10H2,1-3H3. The number of rotatable bonds is 4. The maximum atomic E-state index is 5.73. The van der Waals surface area contributed by atoms with E-state index in [0.29, 0.717) is 11.5 Å². The molecule has 2 heteroatoms. The summed E-state index contributed by atoms with van der Waals surface area (Å²) in [6.45, 7) is 8.87. The molecule has 1 saturated heterocycles. The molecule has 1 saturated carbocycles. The highest BCUT2D eigenvalue weighted by molar-refractivity contribution is 4.95. The summed E-state index contributed by atoms with van der Waals surface area (Å²) in [5, 5.41) is 3.75. The average molecular weight is 211 g/mol. The van der Waals surface area contributed by atoms with Gasteiger partial charge in [0.2, 0.25) is 0 Å². The summed E-state index contributed by atoms with van der Waals surface area (Å²) < 4.78 is 5.73. The maximum absolute atomic E-state index is 5.73. The molecule has 0 bridgehead atoms. The molecular formula is C13H25NO. The van der Waals surface area contributed by atoms with Crippen molar-refractivity contribution in [3.05, 3.63) is 0 Å². The van der Waals surface area contributed by atoms with E-state index in [1.54, 1.807) is 0 Å². The van der Waals surface area contributed by atoms with E-state index in [0.717, 1.165) is 13.0 Å². The minimum absolute atomic E-state index is 0.0822. The molecule has 1 unspecified atom stereocenters. The van der Waals surface area contributed by atoms with E-state index < -0.39 is 0 Å². The first-order valence-corrected chi connectivity index (χ1v) is 6.43. The normalized spacial score (nSPS) is 32.6. The van der Waals surface area contributed by atoms with Crippen LogP contribution in [0.15, 0.2) is 0 Å². The van der Waals surface area contributed by atoms with Crippen LogP contribution >= 0.6 is 0 Å². The van der Waals surface area contributed by atoms with E-state index >= 15 is 0 Å². The van der Waals surface area contributed by atoms with Crippen molar-refractivity contribution in [2.45, 2.75) is 64.5 Å². The first-order valence-electron chi connectivity index (χ1n) is 6.43. The summed E-state index contributed by atoms with van der Waals surface area (Å²) in [6, 6.07) is 0.678. The molecule has 0 aromatic rings. The van der Waals surface area contributed by atoms with Crippen LogP contribution in [0.1, 0.15) is 52.9 Å². The monoisotopic (exact) mass is 211 g/mol. The quantitative estimate of drug-likeness (QED) is 0.772. The molecule has 0 amide bonds. The number of hydrogen-bond donors (Lipinski definition) is 1. The molecule has 1 heterocycles. The average Bonchev–Trinajstić information content (AvgIpc) is 2.94. The Morgan fingerprint density at radius 2 is 2.07 bits per heavy atom. The van der Waals surface area contributed by atoms with Gasteiger partial charge in [-0.1, -0.05) is 6.92 Å². The van der Waals surface area contributed by atoms with Crippen LogP contribution in [-0.2, 0) is 4.74 Å². The van der Waals surface area contributed by atoms with Crippen molar-refractivity contribution in [2.24, 2.45) is 5.41 Å². The fraction of sp³-hybridized carbons (Fsp3) is 1.00. The summed E-state index contributed by atoms with van der Waals surface area (Å²) in [4.78, 5) is 0. The predicted molar refractivity (Wildman–Crippen MR) is 63.0 cm³/mol. The zero-order valence-corrected chi connectivity index (χ0v) is 10.4. The highest BCUT2D eigenvalue weighted by Gasteiger charge is 2.41. The number of ether oxygens (including phenoxy) is 1. The van der Waals surface area contributed by atoms with Crippen LogP contribution < -0.4 is 5.32 Å². The second-order valence-electron chi connectivity index (χ2n) is 6.03. The maximum Gasteiger partial charge on any atom is 0.0641 e. The van der Waals surface area contributed by atoms with Crippen molar-refractivity contribution in [2.75, 3.05) is 13.2 Å². The predicted octanol–water partition coefficient (Wildman–Crippen LogP) is 2.72. The largest absolute Gasteiger partial charge is 0.375 e. The van der Waals surface area contributed by atoms with Crippen molar-refractivity contribution in [1.82, 2.24) is 5.32 Å². The van der Waals surface area contributed by atoms with Crippen molar-refractivity contribution in [3.63, 3.8) is 0 Å². The Morgan fingerprint density at radius 1 is 1.33 bits per heavy atom. The third-order valence-electron chi connectivity index (χ3n) is 4.17. The molecule has 1 aliphatic carbocycles. The summed E-state index contributed by atoms with van der Waals surface area (Å²) in [7, 11) is 0. The second-order valence-corrected chi connectivity index (χ2v) is 6.03. The Morgan fingerprint density at radius 3 is 2.60 bits per heavy atom. The van der Waals surface area contributed by atoms with E-state index in [4.69, 9.17) is 4.74 Å². The van der Waals surface area contributed by atoms with Crippen LogP contribution in [0.25, 0.3) is 0 Å². The molecule has 0 aromatic carbocycles. The molecule has 2 aliphatic rings. The molecule has 1 aliphatic heterocycles. The molecule has 2 nitrogen and oxygen atoms in total. The van der Waals surface area contributed by atoms with Gasteiger partial charge in [-0.15, -0.1) is 0 Å². The lowest BCUT2D eigenvalue weighted by Gasteiger charge is -2.36. The highest BCUT2D eigenvalue weighted by atomic mass is 16.5. The van der Waals surface area contributed by atoms with Gasteiger partial charge in [-0.25, -0.2) is 0 Å². The molecule has 1 N–H and O–H groups in total. The van der Waals surface area contributed by atoms with Gasteiger partial charge in [0.1, 0.15) is 0 Å². The Balaban J connectivity index is 1.75. The van der Waals surface area contributed by atoms with Crippen molar-refractivity contribution < 1.29 is 4.74 Å². The van der Waals surface area contributed by atoms with Crippen molar-refractivity contribution >= 4 is 0 Å². The fourth-order valence-corrected chi connectivity index (χ4v) is 2.60. The van der Waals surface area contributed by atoms with E-state index in [2.05, 4.69) is 26.1 Å². The Labute approximate surface area is 93.8 Å². The zero-order chi connectivity index (χ0) is 10.9. The zero-order valence-electron chi connectivity index (χ0n) is 10.4. The van der Waals surface area contributed by atoms with Gasteiger partial charge >= 0.3 is 0 Å². The van der Waals surface area contributed by atoms with E-state index in [-0.39, 0.29) is 5.60 Å². The van der Waals surface area contributed by atoms with Crippen LogP contribution in [0, 0.1) is 5.41 Å². The van der Waals surface area contributed by atoms with E-state index in [9.17, 15) is 0 Å². The van der Waals surface area contributed by atoms with Gasteiger partial charge in [-0.3, -0.25) is 0 Å². The molecule has 0 aromatic heterocycles. The van der Waals surface area contributed by atoms with E-state index in [1.807, 2.05) is 0 Å². The van der Waals surface area contributed by atoms with Crippen molar-refractivity contribution in [3.8, 4) is 0 Å². The summed E-state index contributed by atoms with van der Waals surface area (Å²) in [5.41, 5.74) is 0.751. The third-order valence-corrected chi connectivity index (χ3v) is 4.17. The molecule has 88 valence electrons. The number of hydrogen-bond acceptors (Lipinski definition) is 2. The molecule has 1 atom stereocenters. The highest BCUT2D eigenvalue weighted by Crippen LogP contribution is 2.48. The Kier molecular flexibility index (Phi) is 3.09. The lowest BCUT2D eigenvalue weighted by Crippen LogP contribution is -2.45.